The fourth-order valence-electron chi connectivity index (χ4n) is 3.48. The van der Waals surface area contributed by atoms with Crippen molar-refractivity contribution in [3.05, 3.63) is 107 Å². The number of nitrogens with one attached hydrogen (secondary N) is 1. The van der Waals surface area contributed by atoms with Gasteiger partial charge in [-0.1, -0.05) is 55.0 Å². The zero-order chi connectivity index (χ0) is 23.2. The molecule has 0 spiro atoms. The molecule has 1 aromatic heterocycles. The van der Waals surface area contributed by atoms with E-state index in [1.807, 2.05) is 49.4 Å². The van der Waals surface area contributed by atoms with Gasteiger partial charge in [0.2, 0.25) is 5.89 Å². The van der Waals surface area contributed by atoms with E-state index in [1.54, 1.807) is 11.8 Å². The van der Waals surface area contributed by atoms with Crippen molar-refractivity contribution in [2.24, 2.45) is 0 Å². The Balaban J connectivity index is 1.36. The zero-order valence-corrected chi connectivity index (χ0v) is 20.0. The smallest absolute Gasteiger partial charge is 0.251 e. The number of carbonyl (C=O) groups excluding carboxylic acids is 1. The lowest BCUT2D eigenvalue weighted by Crippen LogP contribution is -2.27. The summed E-state index contributed by atoms with van der Waals surface area (Å²) in [6.45, 7) is 6.73. The van der Waals surface area contributed by atoms with Crippen molar-refractivity contribution in [1.29, 1.82) is 0 Å². The van der Waals surface area contributed by atoms with Gasteiger partial charge in [-0.2, -0.15) is 0 Å². The van der Waals surface area contributed by atoms with Crippen LogP contribution < -0.4 is 5.32 Å². The molecule has 0 aliphatic rings. The molecule has 0 fully saturated rings. The van der Waals surface area contributed by atoms with Crippen molar-refractivity contribution in [3.63, 3.8) is 0 Å². The summed E-state index contributed by atoms with van der Waals surface area (Å²) in [6, 6.07) is 26.1. The highest BCUT2D eigenvalue weighted by atomic mass is 32.2. The number of hydrogen-bond acceptors (Lipinski definition) is 4. The number of amides is 1. The number of nitrogens with zero attached hydrogens (tertiary/aromatic N) is 1. The number of rotatable bonds is 8. The molecule has 0 saturated heterocycles. The van der Waals surface area contributed by atoms with Crippen LogP contribution >= 0.6 is 11.8 Å². The second-order valence-electron chi connectivity index (χ2n) is 8.22. The van der Waals surface area contributed by atoms with Gasteiger partial charge in [-0.25, -0.2) is 4.98 Å². The summed E-state index contributed by atoms with van der Waals surface area (Å²) in [5.41, 5.74) is 4.88. The van der Waals surface area contributed by atoms with Gasteiger partial charge in [0.15, 0.2) is 0 Å². The summed E-state index contributed by atoms with van der Waals surface area (Å²) in [5, 5.41) is 3.02. The normalized spacial score (nSPS) is 11.8. The molecular formula is C28H28N2O2S. The van der Waals surface area contributed by atoms with Gasteiger partial charge in [0.1, 0.15) is 5.76 Å². The molecule has 5 heteroatoms. The van der Waals surface area contributed by atoms with Crippen molar-refractivity contribution >= 4 is 17.7 Å². The summed E-state index contributed by atoms with van der Waals surface area (Å²) in [7, 11) is 0. The first kappa shape index (κ1) is 22.9. The fraction of sp³-hybridized carbons (Fsp3) is 0.214. The molecule has 1 N–H and O–H groups in total. The topological polar surface area (TPSA) is 55.1 Å². The Hall–Kier alpha value is -3.31. The van der Waals surface area contributed by atoms with E-state index in [1.165, 1.54) is 16.0 Å². The minimum Gasteiger partial charge on any atom is -0.441 e. The van der Waals surface area contributed by atoms with Gasteiger partial charge < -0.3 is 9.73 Å². The highest BCUT2D eigenvalue weighted by molar-refractivity contribution is 7.98. The van der Waals surface area contributed by atoms with E-state index in [9.17, 15) is 4.79 Å². The molecule has 3 aromatic carbocycles. The first-order valence-electron chi connectivity index (χ1n) is 11.1. The van der Waals surface area contributed by atoms with Crippen LogP contribution in [0.4, 0.5) is 0 Å². The van der Waals surface area contributed by atoms with E-state index in [-0.39, 0.29) is 11.8 Å². The molecule has 0 aliphatic heterocycles. The lowest BCUT2D eigenvalue weighted by Gasteiger charge is -2.13. The number of carbonyl (C=O) groups is 1. The third-order valence-electron chi connectivity index (χ3n) is 5.62. The molecule has 1 atom stereocenters. The predicted octanol–water partition coefficient (Wildman–Crippen LogP) is 6.78. The third kappa shape index (κ3) is 5.93. The second kappa shape index (κ2) is 10.5. The lowest BCUT2D eigenvalue weighted by molar-refractivity contribution is 0.0951. The number of hydrogen-bond donors (Lipinski definition) is 1. The molecule has 4 aromatic rings. The molecule has 4 rings (SSSR count). The second-order valence-corrected chi connectivity index (χ2v) is 9.27. The average molecular weight is 457 g/mol. The maximum absolute atomic E-state index is 12.6. The molecule has 0 radical (unpaired) electrons. The predicted molar refractivity (Wildman–Crippen MR) is 135 cm³/mol. The lowest BCUT2D eigenvalue weighted by atomic mass is 10.0. The molecule has 0 bridgehead atoms. The molecule has 33 heavy (non-hydrogen) atoms. The molecule has 0 aliphatic carbocycles. The summed E-state index contributed by atoms with van der Waals surface area (Å²) < 4.78 is 5.91. The van der Waals surface area contributed by atoms with Gasteiger partial charge in [-0.15, -0.1) is 11.8 Å². The van der Waals surface area contributed by atoms with Crippen LogP contribution in [0.25, 0.3) is 11.5 Å². The first-order valence-corrected chi connectivity index (χ1v) is 12.1. The standard InChI is InChI=1S/C28H28N2O2S/c1-19-9-15-25(16-10-19)33-18-26-21(3)32-28(30-26)24-13-11-23(12-14-24)27(31)29-17-20(2)22-7-5-4-6-8-22/h4-16,20H,17-18H2,1-3H3,(H,29,31)/t20-/m1/s1. The fourth-order valence-corrected chi connectivity index (χ4v) is 4.38. The first-order chi connectivity index (χ1) is 16.0. The molecule has 0 saturated carbocycles. The Morgan fingerprint density at radius 2 is 1.67 bits per heavy atom. The van der Waals surface area contributed by atoms with Crippen LogP contribution in [-0.4, -0.2) is 17.4 Å². The van der Waals surface area contributed by atoms with Gasteiger partial charge in [0.25, 0.3) is 5.91 Å². The Morgan fingerprint density at radius 1 is 0.970 bits per heavy atom. The quantitative estimate of drug-likeness (QED) is 0.297. The van der Waals surface area contributed by atoms with Crippen LogP contribution in [-0.2, 0) is 5.75 Å². The minimum absolute atomic E-state index is 0.0805. The maximum Gasteiger partial charge on any atom is 0.251 e. The number of oxazole rings is 1. The van der Waals surface area contributed by atoms with E-state index in [2.05, 4.69) is 55.6 Å². The number of aryl methyl sites for hydroxylation is 2. The molecule has 168 valence electrons. The number of benzene rings is 3. The highest BCUT2D eigenvalue weighted by Crippen LogP contribution is 2.28. The van der Waals surface area contributed by atoms with Crippen molar-refractivity contribution in [1.82, 2.24) is 10.3 Å². The SMILES string of the molecule is Cc1ccc(SCc2nc(-c3ccc(C(=O)NC[C@@H](C)c4ccccc4)cc3)oc2C)cc1. The van der Waals surface area contributed by atoms with Gasteiger partial charge in [-0.05, 0) is 61.7 Å². The highest BCUT2D eigenvalue weighted by Gasteiger charge is 2.14. The van der Waals surface area contributed by atoms with Gasteiger partial charge >= 0.3 is 0 Å². The minimum atomic E-state index is -0.0805. The summed E-state index contributed by atoms with van der Waals surface area (Å²) >= 11 is 1.74. The maximum atomic E-state index is 12.6. The summed E-state index contributed by atoms with van der Waals surface area (Å²) in [4.78, 5) is 18.5. The van der Waals surface area contributed by atoms with Gasteiger partial charge in [-0.3, -0.25) is 4.79 Å². The molecule has 1 amide bonds. The molecule has 4 nitrogen and oxygen atoms in total. The Bertz CT molecular complexity index is 1200. The Morgan fingerprint density at radius 3 is 2.36 bits per heavy atom. The van der Waals surface area contributed by atoms with Crippen molar-refractivity contribution < 1.29 is 9.21 Å². The average Bonchev–Trinajstić information content (AvgIpc) is 3.23. The van der Waals surface area contributed by atoms with Crippen molar-refractivity contribution in [2.75, 3.05) is 6.54 Å². The van der Waals surface area contributed by atoms with Crippen molar-refractivity contribution in [2.45, 2.75) is 37.3 Å². The Labute approximate surface area is 199 Å². The summed E-state index contributed by atoms with van der Waals surface area (Å²) in [5.74, 6) is 2.32. The van der Waals surface area contributed by atoms with Crippen molar-refractivity contribution in [3.8, 4) is 11.5 Å². The number of thioether (sulfide) groups is 1. The van der Waals surface area contributed by atoms with Crippen LogP contribution in [0.1, 0.15) is 45.8 Å². The van der Waals surface area contributed by atoms with E-state index in [0.717, 1.165) is 22.8 Å². The van der Waals surface area contributed by atoms with E-state index in [4.69, 9.17) is 9.40 Å². The number of aromatic nitrogens is 1. The van der Waals surface area contributed by atoms with Crippen LogP contribution in [0.15, 0.2) is 88.2 Å². The Kier molecular flexibility index (Phi) is 7.30. The largest absolute Gasteiger partial charge is 0.441 e. The molecule has 1 heterocycles. The van der Waals surface area contributed by atoms with E-state index >= 15 is 0 Å². The van der Waals surface area contributed by atoms with Crippen LogP contribution in [0, 0.1) is 13.8 Å². The van der Waals surface area contributed by atoms with E-state index in [0.29, 0.717) is 18.0 Å². The molecule has 0 unspecified atom stereocenters. The zero-order valence-electron chi connectivity index (χ0n) is 19.2. The van der Waals surface area contributed by atoms with E-state index < -0.39 is 0 Å². The van der Waals surface area contributed by atoms with Gasteiger partial charge in [0.05, 0.1) is 5.69 Å². The van der Waals surface area contributed by atoms with Crippen LogP contribution in [0.3, 0.4) is 0 Å². The van der Waals surface area contributed by atoms with Crippen LogP contribution in [0.2, 0.25) is 0 Å². The van der Waals surface area contributed by atoms with Crippen LogP contribution in [0.5, 0.6) is 0 Å². The van der Waals surface area contributed by atoms with Gasteiger partial charge in [0, 0.05) is 28.3 Å². The third-order valence-corrected chi connectivity index (χ3v) is 6.64. The molecular weight excluding hydrogens is 428 g/mol. The summed E-state index contributed by atoms with van der Waals surface area (Å²) in [6.07, 6.45) is 0. The monoisotopic (exact) mass is 456 g/mol.